The van der Waals surface area contributed by atoms with Crippen LogP contribution in [0.25, 0.3) is 22.2 Å². The molecule has 3 aromatic rings. The molecule has 2 N–H and O–H groups in total. The Morgan fingerprint density at radius 1 is 0.821 bits per heavy atom. The summed E-state index contributed by atoms with van der Waals surface area (Å²) in [5.41, 5.74) is 10.7. The van der Waals surface area contributed by atoms with Crippen LogP contribution >= 0.6 is 0 Å². The third-order valence-electron chi connectivity index (χ3n) is 5.47. The molecule has 1 aromatic heterocycles. The summed E-state index contributed by atoms with van der Waals surface area (Å²) in [5.74, 6) is 1.78. The van der Waals surface area contributed by atoms with Gasteiger partial charge in [-0.3, -0.25) is 0 Å². The number of nitrogens with two attached hydrogens (primary N) is 1. The maximum Gasteiger partial charge on any atom is 0.119 e. The van der Waals surface area contributed by atoms with E-state index in [1.54, 1.807) is 14.2 Å². The van der Waals surface area contributed by atoms with E-state index in [0.717, 1.165) is 31.0 Å². The summed E-state index contributed by atoms with van der Waals surface area (Å²) in [6.45, 7) is 4.02. The van der Waals surface area contributed by atoms with Gasteiger partial charge in [0.2, 0.25) is 0 Å². The lowest BCUT2D eigenvalue weighted by Gasteiger charge is -2.13. The minimum Gasteiger partial charge on any atom is -0.497 e. The molecule has 0 saturated carbocycles. The average molecular weight is 381 g/mol. The largest absolute Gasteiger partial charge is 0.497 e. The molecule has 150 valence electrons. The van der Waals surface area contributed by atoms with Crippen LogP contribution in [-0.4, -0.2) is 25.3 Å². The first-order chi connectivity index (χ1) is 13.7. The summed E-state index contributed by atoms with van der Waals surface area (Å²) in [6, 6.07) is 14.7. The number of fused-ring (bicyclic) bond motifs is 1. The Labute approximate surface area is 168 Å². The lowest BCUT2D eigenvalue weighted by Crippen LogP contribution is -2.02. The van der Waals surface area contributed by atoms with E-state index >= 15 is 0 Å². The quantitative estimate of drug-likeness (QED) is 0.470. The van der Waals surface area contributed by atoms with Gasteiger partial charge in [0.25, 0.3) is 0 Å². The van der Waals surface area contributed by atoms with E-state index in [1.165, 1.54) is 53.4 Å². The van der Waals surface area contributed by atoms with Crippen LogP contribution in [0.3, 0.4) is 0 Å². The molecule has 4 nitrogen and oxygen atoms in total. The number of rotatable bonds is 10. The predicted molar refractivity (Wildman–Crippen MR) is 117 cm³/mol. The zero-order chi connectivity index (χ0) is 19.9. The smallest absolute Gasteiger partial charge is 0.119 e. The summed E-state index contributed by atoms with van der Waals surface area (Å²) in [5, 5.41) is 1.26. The van der Waals surface area contributed by atoms with Crippen LogP contribution in [0.4, 0.5) is 0 Å². The van der Waals surface area contributed by atoms with Crippen LogP contribution in [0, 0.1) is 6.92 Å². The number of unbranched alkanes of at least 4 members (excludes halogenated alkanes) is 4. The first-order valence-electron chi connectivity index (χ1n) is 10.2. The molecule has 0 aliphatic heterocycles. The van der Waals surface area contributed by atoms with Crippen molar-refractivity contribution in [3.8, 4) is 22.8 Å². The standard InChI is InChI=1S/C24H32N2O2/c1-18-22-17-21(28-3)13-14-23(22)26(16-8-6-4-5-7-15-25)24(18)19-9-11-20(27-2)12-10-19/h9-14,17H,4-8,15-16,25H2,1-3H3. The molecule has 0 radical (unpaired) electrons. The number of benzene rings is 2. The molecular weight excluding hydrogens is 348 g/mol. The maximum absolute atomic E-state index is 5.60. The first-order valence-corrected chi connectivity index (χ1v) is 10.2. The normalized spacial score (nSPS) is 11.1. The number of hydrogen-bond donors (Lipinski definition) is 1. The van der Waals surface area contributed by atoms with Gasteiger partial charge in [-0.15, -0.1) is 0 Å². The van der Waals surface area contributed by atoms with Crippen LogP contribution in [0.15, 0.2) is 42.5 Å². The summed E-state index contributed by atoms with van der Waals surface area (Å²) in [6.07, 6.45) is 6.01. The second kappa shape index (κ2) is 9.65. The molecule has 3 rings (SSSR count). The Hall–Kier alpha value is -2.46. The Morgan fingerprint density at radius 2 is 1.46 bits per heavy atom. The minimum absolute atomic E-state index is 0.797. The molecule has 0 saturated heterocycles. The molecule has 0 aliphatic carbocycles. The molecule has 0 atom stereocenters. The fraction of sp³-hybridized carbons (Fsp3) is 0.417. The van der Waals surface area contributed by atoms with E-state index in [-0.39, 0.29) is 0 Å². The van der Waals surface area contributed by atoms with Crippen molar-refractivity contribution in [1.29, 1.82) is 0 Å². The first kappa shape index (κ1) is 20.3. The van der Waals surface area contributed by atoms with Gasteiger partial charge in [-0.1, -0.05) is 19.3 Å². The highest BCUT2D eigenvalue weighted by Crippen LogP contribution is 2.36. The van der Waals surface area contributed by atoms with Crippen LogP contribution < -0.4 is 15.2 Å². The minimum atomic E-state index is 0.797. The number of ether oxygens (including phenoxy) is 2. The van der Waals surface area contributed by atoms with E-state index < -0.39 is 0 Å². The molecule has 0 spiro atoms. The van der Waals surface area contributed by atoms with Gasteiger partial charge in [-0.05, 0) is 79.9 Å². The highest BCUT2D eigenvalue weighted by Gasteiger charge is 2.16. The van der Waals surface area contributed by atoms with Crippen molar-refractivity contribution in [2.75, 3.05) is 20.8 Å². The van der Waals surface area contributed by atoms with Crippen LogP contribution in [0.5, 0.6) is 11.5 Å². The molecule has 28 heavy (non-hydrogen) atoms. The molecule has 2 aromatic carbocycles. The number of aryl methyl sites for hydroxylation is 2. The van der Waals surface area contributed by atoms with Crippen molar-refractivity contribution >= 4 is 10.9 Å². The van der Waals surface area contributed by atoms with Crippen molar-refractivity contribution in [2.24, 2.45) is 5.73 Å². The zero-order valence-electron chi connectivity index (χ0n) is 17.3. The highest BCUT2D eigenvalue weighted by atomic mass is 16.5. The molecule has 0 aliphatic rings. The van der Waals surface area contributed by atoms with E-state index in [9.17, 15) is 0 Å². The van der Waals surface area contributed by atoms with Crippen LogP contribution in [0.2, 0.25) is 0 Å². The number of methoxy groups -OCH3 is 2. The van der Waals surface area contributed by atoms with Gasteiger partial charge in [0, 0.05) is 17.4 Å². The second-order valence-electron chi connectivity index (χ2n) is 7.29. The van der Waals surface area contributed by atoms with Gasteiger partial charge in [-0.2, -0.15) is 0 Å². The number of nitrogens with zero attached hydrogens (tertiary/aromatic N) is 1. The van der Waals surface area contributed by atoms with Gasteiger partial charge < -0.3 is 19.8 Å². The lowest BCUT2D eigenvalue weighted by atomic mass is 10.1. The van der Waals surface area contributed by atoms with Crippen molar-refractivity contribution in [2.45, 2.75) is 45.6 Å². The Kier molecular flexibility index (Phi) is 6.99. The van der Waals surface area contributed by atoms with Crippen molar-refractivity contribution in [1.82, 2.24) is 4.57 Å². The molecule has 4 heteroatoms. The average Bonchev–Trinajstić information content (AvgIpc) is 3.01. The maximum atomic E-state index is 5.60. The van der Waals surface area contributed by atoms with E-state index in [1.807, 2.05) is 12.1 Å². The monoisotopic (exact) mass is 380 g/mol. The van der Waals surface area contributed by atoms with Gasteiger partial charge in [0.15, 0.2) is 0 Å². The van der Waals surface area contributed by atoms with Gasteiger partial charge >= 0.3 is 0 Å². The molecule has 0 bridgehead atoms. The summed E-state index contributed by atoms with van der Waals surface area (Å²) in [4.78, 5) is 0. The topological polar surface area (TPSA) is 49.4 Å². The fourth-order valence-electron chi connectivity index (χ4n) is 3.93. The van der Waals surface area contributed by atoms with Crippen LogP contribution in [-0.2, 0) is 6.54 Å². The molecule has 0 amide bonds. The van der Waals surface area contributed by atoms with Crippen molar-refractivity contribution in [3.05, 3.63) is 48.0 Å². The number of aromatic nitrogens is 1. The lowest BCUT2D eigenvalue weighted by molar-refractivity contribution is 0.415. The highest BCUT2D eigenvalue weighted by molar-refractivity contribution is 5.92. The Morgan fingerprint density at radius 3 is 2.14 bits per heavy atom. The number of hydrogen-bond acceptors (Lipinski definition) is 3. The van der Waals surface area contributed by atoms with E-state index in [4.69, 9.17) is 15.2 Å². The van der Waals surface area contributed by atoms with Gasteiger partial charge in [-0.25, -0.2) is 0 Å². The third kappa shape index (κ3) is 4.33. The molecule has 0 fully saturated rings. The van der Waals surface area contributed by atoms with Gasteiger partial charge in [0.1, 0.15) is 11.5 Å². The van der Waals surface area contributed by atoms with Crippen LogP contribution in [0.1, 0.15) is 37.7 Å². The van der Waals surface area contributed by atoms with E-state index in [0.29, 0.717) is 0 Å². The molecule has 1 heterocycles. The van der Waals surface area contributed by atoms with E-state index in [2.05, 4.69) is 41.8 Å². The van der Waals surface area contributed by atoms with Crippen molar-refractivity contribution in [3.63, 3.8) is 0 Å². The SMILES string of the molecule is COc1ccc(-c2c(C)c3cc(OC)ccc3n2CCCCCCCN)cc1. The zero-order valence-corrected chi connectivity index (χ0v) is 17.3. The predicted octanol–water partition coefficient (Wildman–Crippen LogP) is 5.54. The molecule has 0 unspecified atom stereocenters. The van der Waals surface area contributed by atoms with Crippen molar-refractivity contribution < 1.29 is 9.47 Å². The molecular formula is C24H32N2O2. The third-order valence-corrected chi connectivity index (χ3v) is 5.47. The Bertz CT molecular complexity index is 897. The van der Waals surface area contributed by atoms with Gasteiger partial charge in [0.05, 0.1) is 19.9 Å². The Balaban J connectivity index is 1.95. The second-order valence-corrected chi connectivity index (χ2v) is 7.29. The fourth-order valence-corrected chi connectivity index (χ4v) is 3.93. The summed E-state index contributed by atoms with van der Waals surface area (Å²) < 4.78 is 13.3. The summed E-state index contributed by atoms with van der Waals surface area (Å²) >= 11 is 0. The summed E-state index contributed by atoms with van der Waals surface area (Å²) in [7, 11) is 3.42.